The summed E-state index contributed by atoms with van der Waals surface area (Å²) in [7, 11) is 2.22. The number of hydrogen-bond donors (Lipinski definition) is 1. The van der Waals surface area contributed by atoms with Crippen LogP contribution in [0.1, 0.15) is 16.8 Å². The Balaban J connectivity index is 2.08. The molecule has 7 nitrogen and oxygen atoms in total. The third-order valence-corrected chi connectivity index (χ3v) is 4.35. The summed E-state index contributed by atoms with van der Waals surface area (Å²) >= 11 is 0. The van der Waals surface area contributed by atoms with E-state index >= 15 is 0 Å². The zero-order chi connectivity index (χ0) is 16.6. The SMILES string of the molecule is Cc1nc2ncnn2c(N(C)C)c1Cc1ccc([S-](=N)=O)cc1. The molecule has 2 heterocycles. The molecule has 0 aliphatic carbocycles. The molecule has 0 aliphatic rings. The number of benzene rings is 1. The molecule has 0 bridgehead atoms. The highest BCUT2D eigenvalue weighted by molar-refractivity contribution is 7.73. The summed E-state index contributed by atoms with van der Waals surface area (Å²) < 4.78 is 20.1. The molecule has 3 rings (SSSR count). The normalized spacial score (nSPS) is 11.3. The second kappa shape index (κ2) is 5.96. The average molecular weight is 329 g/mol. The lowest BCUT2D eigenvalue weighted by Crippen LogP contribution is -2.18. The first kappa shape index (κ1) is 15.4. The number of anilines is 1. The zero-order valence-electron chi connectivity index (χ0n) is 13.1. The van der Waals surface area contributed by atoms with Crippen molar-refractivity contribution in [1.29, 1.82) is 4.78 Å². The van der Waals surface area contributed by atoms with Gasteiger partial charge in [-0.3, -0.25) is 0 Å². The van der Waals surface area contributed by atoms with Crippen molar-refractivity contribution in [3.05, 3.63) is 47.4 Å². The average Bonchev–Trinajstić information content (AvgIpc) is 2.95. The molecule has 0 unspecified atom stereocenters. The Labute approximate surface area is 136 Å². The molecule has 1 aromatic carbocycles. The minimum atomic E-state index is -1.71. The molecule has 23 heavy (non-hydrogen) atoms. The molecule has 0 spiro atoms. The van der Waals surface area contributed by atoms with Crippen molar-refractivity contribution in [3.8, 4) is 0 Å². The quantitative estimate of drug-likeness (QED) is 0.741. The van der Waals surface area contributed by atoms with Crippen molar-refractivity contribution >= 4 is 22.2 Å². The number of aromatic nitrogens is 4. The molecule has 8 heteroatoms. The molecule has 3 aromatic rings. The van der Waals surface area contributed by atoms with Crippen molar-refractivity contribution in [2.45, 2.75) is 18.2 Å². The van der Waals surface area contributed by atoms with Crippen LogP contribution in [0.15, 0.2) is 35.5 Å². The van der Waals surface area contributed by atoms with E-state index in [0.717, 1.165) is 22.6 Å². The Kier molecular flexibility index (Phi) is 3.99. The van der Waals surface area contributed by atoms with E-state index in [0.29, 0.717) is 17.1 Å². The van der Waals surface area contributed by atoms with Crippen LogP contribution in [0, 0.1) is 11.7 Å². The van der Waals surface area contributed by atoms with Crippen molar-refractivity contribution < 1.29 is 4.21 Å². The molecule has 2 aromatic heterocycles. The van der Waals surface area contributed by atoms with E-state index < -0.39 is 10.6 Å². The van der Waals surface area contributed by atoms with Crippen LogP contribution < -0.4 is 4.90 Å². The summed E-state index contributed by atoms with van der Waals surface area (Å²) in [5.41, 5.74) is 3.03. The topological polar surface area (TPSA) is 87.2 Å². The molecule has 0 aliphatic heterocycles. The van der Waals surface area contributed by atoms with Gasteiger partial charge in [-0.1, -0.05) is 24.3 Å². The summed E-state index contributed by atoms with van der Waals surface area (Å²) in [4.78, 5) is 11.2. The van der Waals surface area contributed by atoms with Crippen LogP contribution in [-0.4, -0.2) is 33.7 Å². The van der Waals surface area contributed by atoms with Gasteiger partial charge >= 0.3 is 0 Å². The maximum atomic E-state index is 11.2. The summed E-state index contributed by atoms with van der Waals surface area (Å²) in [5.74, 6) is 1.52. The first-order chi connectivity index (χ1) is 11.0. The first-order valence-electron chi connectivity index (χ1n) is 7.06. The molecule has 1 N–H and O–H groups in total. The van der Waals surface area contributed by atoms with Crippen LogP contribution in [0.5, 0.6) is 0 Å². The Hall–Kier alpha value is -2.48. The molecular weight excluding hydrogens is 312 g/mol. The smallest absolute Gasteiger partial charge is 0.254 e. The molecule has 120 valence electrons. The van der Waals surface area contributed by atoms with E-state index in [1.54, 1.807) is 16.6 Å². The van der Waals surface area contributed by atoms with Gasteiger partial charge in [-0.25, -0.2) is 4.98 Å². The Morgan fingerprint density at radius 2 is 1.96 bits per heavy atom. The van der Waals surface area contributed by atoms with Gasteiger partial charge in [0.05, 0.1) is 0 Å². The van der Waals surface area contributed by atoms with Gasteiger partial charge in [-0.15, -0.1) is 4.90 Å². The number of hydrogen-bond acceptors (Lipinski definition) is 7. The third-order valence-electron chi connectivity index (χ3n) is 3.65. The van der Waals surface area contributed by atoms with E-state index in [1.807, 2.05) is 38.1 Å². The Bertz CT molecular complexity index is 919. The molecular formula is C15H17N6OS-. The van der Waals surface area contributed by atoms with Crippen molar-refractivity contribution in [1.82, 2.24) is 19.6 Å². The molecule has 0 radical (unpaired) electrons. The highest BCUT2D eigenvalue weighted by Gasteiger charge is 2.16. The summed E-state index contributed by atoms with van der Waals surface area (Å²) in [6, 6.07) is 7.24. The molecule has 0 fully saturated rings. The number of nitrogens with one attached hydrogen (secondary N) is 1. The van der Waals surface area contributed by atoms with Gasteiger partial charge in [-0.2, -0.15) is 25.2 Å². The fourth-order valence-electron chi connectivity index (χ4n) is 2.57. The minimum absolute atomic E-state index is 0.503. The van der Waals surface area contributed by atoms with Gasteiger partial charge in [-0.05, 0) is 12.5 Å². The predicted octanol–water partition coefficient (Wildman–Crippen LogP) is 2.17. The standard InChI is InChI=1S/C15H17N6OS/c1-10-13(8-11-4-6-12(7-5-11)23(16)22)14(20(2)3)21-15(19-10)17-9-18-21/h4-7,9,16H,8H2,1-3H3/q-1. The highest BCUT2D eigenvalue weighted by atomic mass is 32.2. The number of rotatable bonds is 4. The van der Waals surface area contributed by atoms with E-state index in [4.69, 9.17) is 4.78 Å². The van der Waals surface area contributed by atoms with Gasteiger partial charge in [0.25, 0.3) is 5.78 Å². The van der Waals surface area contributed by atoms with Crippen molar-refractivity contribution in [3.63, 3.8) is 0 Å². The van der Waals surface area contributed by atoms with Crippen LogP contribution in [0.25, 0.3) is 5.78 Å². The van der Waals surface area contributed by atoms with Crippen molar-refractivity contribution in [2.24, 2.45) is 0 Å². The van der Waals surface area contributed by atoms with E-state index in [1.165, 1.54) is 6.33 Å². The van der Waals surface area contributed by atoms with Gasteiger partial charge < -0.3 is 13.9 Å². The second-order valence-electron chi connectivity index (χ2n) is 5.46. The number of fused-ring (bicyclic) bond motifs is 1. The first-order valence-corrected chi connectivity index (χ1v) is 8.21. The highest BCUT2D eigenvalue weighted by Crippen LogP contribution is 2.24. The maximum absolute atomic E-state index is 11.2. The third kappa shape index (κ3) is 2.89. The van der Waals surface area contributed by atoms with Gasteiger partial charge in [0.2, 0.25) is 0 Å². The Morgan fingerprint density at radius 1 is 1.26 bits per heavy atom. The molecule has 0 amide bonds. The lowest BCUT2D eigenvalue weighted by Gasteiger charge is -2.20. The van der Waals surface area contributed by atoms with Crippen LogP contribution in [0.3, 0.4) is 0 Å². The van der Waals surface area contributed by atoms with Gasteiger partial charge in [0.15, 0.2) is 0 Å². The van der Waals surface area contributed by atoms with Gasteiger partial charge in [0, 0.05) is 31.8 Å². The van der Waals surface area contributed by atoms with Crippen molar-refractivity contribution in [2.75, 3.05) is 19.0 Å². The Morgan fingerprint density at radius 3 is 2.57 bits per heavy atom. The fraction of sp³-hybridized carbons (Fsp3) is 0.267. The van der Waals surface area contributed by atoms with Crippen LogP contribution >= 0.6 is 0 Å². The predicted molar refractivity (Wildman–Crippen MR) is 88.1 cm³/mol. The molecule has 0 saturated carbocycles. The second-order valence-corrected chi connectivity index (χ2v) is 6.46. The monoisotopic (exact) mass is 329 g/mol. The minimum Gasteiger partial charge on any atom is -0.440 e. The number of nitrogens with zero attached hydrogens (tertiary/aromatic N) is 5. The lowest BCUT2D eigenvalue weighted by molar-refractivity contribution is 0.599. The van der Waals surface area contributed by atoms with Crippen LogP contribution in [0.4, 0.5) is 5.82 Å². The van der Waals surface area contributed by atoms with E-state index in [-0.39, 0.29) is 0 Å². The lowest BCUT2D eigenvalue weighted by atomic mass is 10.0. The largest absolute Gasteiger partial charge is 0.440 e. The number of aryl methyl sites for hydroxylation is 1. The maximum Gasteiger partial charge on any atom is 0.254 e. The van der Waals surface area contributed by atoms with Gasteiger partial charge in [0.1, 0.15) is 12.1 Å². The van der Waals surface area contributed by atoms with Crippen LogP contribution in [0.2, 0.25) is 0 Å². The molecule has 0 saturated heterocycles. The summed E-state index contributed by atoms with van der Waals surface area (Å²) in [6.45, 7) is 1.96. The zero-order valence-corrected chi connectivity index (χ0v) is 14.0. The van der Waals surface area contributed by atoms with Crippen LogP contribution in [-0.2, 0) is 21.2 Å². The fourth-order valence-corrected chi connectivity index (χ4v) is 2.95. The summed E-state index contributed by atoms with van der Waals surface area (Å²) in [5, 5.41) is 4.26. The molecule has 0 atom stereocenters. The van der Waals surface area contributed by atoms with E-state index in [2.05, 4.69) is 15.1 Å². The summed E-state index contributed by atoms with van der Waals surface area (Å²) in [6.07, 6.45) is 2.17. The van der Waals surface area contributed by atoms with E-state index in [9.17, 15) is 4.21 Å².